The average Bonchev–Trinajstić information content (AvgIpc) is 3.20. The molecule has 4 rings (SSSR count). The Bertz CT molecular complexity index is 841. The molecule has 0 bridgehead atoms. The number of ketones is 1. The maximum Gasteiger partial charge on any atom is 0.176 e. The molecule has 5 heteroatoms. The number of aromatic hydroxyl groups is 1. The minimum atomic E-state index is 0.0976. The Balaban J connectivity index is 1.28. The highest BCUT2D eigenvalue weighted by Gasteiger charge is 2.42. The highest BCUT2D eigenvalue weighted by Crippen LogP contribution is 2.39. The molecule has 2 aromatic carbocycles. The summed E-state index contributed by atoms with van der Waals surface area (Å²) >= 11 is 0. The molecule has 1 aliphatic heterocycles. The fraction of sp³-hybridized carbons (Fsp3) is 0.364. The van der Waals surface area contributed by atoms with Gasteiger partial charge in [0, 0.05) is 18.7 Å². The molecule has 1 heterocycles. The first kappa shape index (κ1) is 17.6. The van der Waals surface area contributed by atoms with E-state index in [1.165, 1.54) is 0 Å². The van der Waals surface area contributed by atoms with Gasteiger partial charge in [-0.2, -0.15) is 5.26 Å². The quantitative estimate of drug-likeness (QED) is 0.827. The van der Waals surface area contributed by atoms with E-state index in [1.807, 2.05) is 12.1 Å². The van der Waals surface area contributed by atoms with Crippen LogP contribution < -0.4 is 4.74 Å². The molecule has 138 valence electrons. The number of likely N-dealkylation sites (tertiary alicyclic amines) is 1. The van der Waals surface area contributed by atoms with Gasteiger partial charge in [0.2, 0.25) is 0 Å². The number of carbonyl (C=O) groups is 1. The summed E-state index contributed by atoms with van der Waals surface area (Å²) in [6, 6.07) is 15.8. The van der Waals surface area contributed by atoms with Gasteiger partial charge in [-0.05, 0) is 73.2 Å². The van der Waals surface area contributed by atoms with Crippen LogP contribution >= 0.6 is 0 Å². The van der Waals surface area contributed by atoms with Crippen LogP contribution in [0.5, 0.6) is 11.5 Å². The van der Waals surface area contributed by atoms with Crippen molar-refractivity contribution in [2.24, 2.45) is 11.8 Å². The number of nitrogens with zero attached hydrogens (tertiary/aromatic N) is 2. The largest absolute Gasteiger partial charge is 0.508 e. The summed E-state index contributed by atoms with van der Waals surface area (Å²) in [6.07, 6.45) is 2.23. The van der Waals surface area contributed by atoms with Gasteiger partial charge in [0.25, 0.3) is 0 Å². The monoisotopic (exact) mass is 362 g/mol. The van der Waals surface area contributed by atoms with Crippen LogP contribution in [0.3, 0.4) is 0 Å². The van der Waals surface area contributed by atoms with Crippen LogP contribution in [0, 0.1) is 23.2 Å². The van der Waals surface area contributed by atoms with Crippen molar-refractivity contribution in [2.75, 3.05) is 19.6 Å². The van der Waals surface area contributed by atoms with Crippen molar-refractivity contribution in [1.82, 2.24) is 4.90 Å². The lowest BCUT2D eigenvalue weighted by atomic mass is 10.0. The third-order valence-electron chi connectivity index (χ3n) is 5.63. The Kier molecular flexibility index (Phi) is 4.83. The van der Waals surface area contributed by atoms with E-state index >= 15 is 0 Å². The van der Waals surface area contributed by atoms with Gasteiger partial charge in [-0.25, -0.2) is 0 Å². The number of phenols is 1. The third kappa shape index (κ3) is 3.96. The molecule has 2 aliphatic rings. The lowest BCUT2D eigenvalue weighted by Gasteiger charge is -2.19. The lowest BCUT2D eigenvalue weighted by Crippen LogP contribution is -2.30. The van der Waals surface area contributed by atoms with E-state index in [-0.39, 0.29) is 17.6 Å². The van der Waals surface area contributed by atoms with E-state index in [1.54, 1.807) is 36.4 Å². The minimum absolute atomic E-state index is 0.0976. The zero-order chi connectivity index (χ0) is 18.8. The number of nitriles is 1. The predicted molar refractivity (Wildman–Crippen MR) is 101 cm³/mol. The Morgan fingerprint density at radius 3 is 2.30 bits per heavy atom. The second-order valence-corrected chi connectivity index (χ2v) is 7.53. The number of carbonyl (C=O) groups excluding carboxylic acids is 1. The van der Waals surface area contributed by atoms with E-state index in [2.05, 4.69) is 11.0 Å². The number of rotatable bonds is 5. The average molecular weight is 362 g/mol. The van der Waals surface area contributed by atoms with Crippen molar-refractivity contribution in [3.8, 4) is 17.6 Å². The second kappa shape index (κ2) is 7.42. The number of benzene rings is 2. The Labute approximate surface area is 158 Å². The number of phenolic OH excluding ortho intramolecular Hbond substituents is 1. The fourth-order valence-corrected chi connectivity index (χ4v) is 4.31. The van der Waals surface area contributed by atoms with Crippen molar-refractivity contribution < 1.29 is 14.6 Å². The van der Waals surface area contributed by atoms with Crippen molar-refractivity contribution >= 4 is 5.78 Å². The highest BCUT2D eigenvalue weighted by molar-refractivity contribution is 5.97. The van der Waals surface area contributed by atoms with Crippen LogP contribution in [-0.4, -0.2) is 41.5 Å². The normalized spacial score (nSPS) is 24.3. The van der Waals surface area contributed by atoms with E-state index in [0.29, 0.717) is 29.5 Å². The Morgan fingerprint density at radius 2 is 1.70 bits per heavy atom. The highest BCUT2D eigenvalue weighted by atomic mass is 16.5. The molecule has 1 saturated carbocycles. The number of hydrogen-bond donors (Lipinski definition) is 1. The van der Waals surface area contributed by atoms with Crippen LogP contribution in [0.2, 0.25) is 0 Å². The third-order valence-corrected chi connectivity index (χ3v) is 5.63. The molecule has 1 saturated heterocycles. The summed E-state index contributed by atoms with van der Waals surface area (Å²) in [5, 5.41) is 18.2. The maximum atomic E-state index is 12.4. The zero-order valence-electron chi connectivity index (χ0n) is 15.0. The summed E-state index contributed by atoms with van der Waals surface area (Å²) in [4.78, 5) is 14.7. The zero-order valence-corrected chi connectivity index (χ0v) is 15.0. The number of ether oxygens (including phenoxy) is 1. The first-order valence-electron chi connectivity index (χ1n) is 9.32. The molecule has 27 heavy (non-hydrogen) atoms. The molecule has 3 atom stereocenters. The lowest BCUT2D eigenvalue weighted by molar-refractivity contribution is 0.0936. The predicted octanol–water partition coefficient (Wildman–Crippen LogP) is 3.24. The SMILES string of the molecule is N#Cc1ccc(O[C@@H]2C[C@@H]3CN(CC(=O)c4ccc(O)cc4)C[C@@H]3C2)cc1. The van der Waals surface area contributed by atoms with Crippen LogP contribution in [0.25, 0.3) is 0 Å². The van der Waals surface area contributed by atoms with E-state index in [4.69, 9.17) is 10.00 Å². The van der Waals surface area contributed by atoms with Gasteiger partial charge < -0.3 is 9.84 Å². The topological polar surface area (TPSA) is 73.6 Å². The number of fused-ring (bicyclic) bond motifs is 1. The van der Waals surface area contributed by atoms with Crippen molar-refractivity contribution in [1.29, 1.82) is 5.26 Å². The summed E-state index contributed by atoms with van der Waals surface area (Å²) in [7, 11) is 0. The number of hydrogen-bond acceptors (Lipinski definition) is 5. The Morgan fingerprint density at radius 1 is 1.07 bits per heavy atom. The van der Waals surface area contributed by atoms with Crippen LogP contribution in [0.1, 0.15) is 28.8 Å². The van der Waals surface area contributed by atoms with E-state index in [0.717, 1.165) is 31.7 Å². The first-order chi connectivity index (χ1) is 13.1. The molecule has 1 aliphatic carbocycles. The standard InChI is InChI=1S/C22H22N2O3/c23-11-15-1-7-20(8-2-15)27-21-9-17-12-24(13-18(17)10-21)14-22(26)16-3-5-19(25)6-4-16/h1-8,17-18,21,25H,9-10,12-14H2/t17-,18+,21-. The molecule has 0 radical (unpaired) electrons. The van der Waals surface area contributed by atoms with Crippen molar-refractivity contribution in [3.63, 3.8) is 0 Å². The molecular weight excluding hydrogens is 340 g/mol. The molecular formula is C22H22N2O3. The van der Waals surface area contributed by atoms with Crippen molar-refractivity contribution in [2.45, 2.75) is 18.9 Å². The van der Waals surface area contributed by atoms with Crippen LogP contribution in [0.4, 0.5) is 0 Å². The molecule has 2 fully saturated rings. The van der Waals surface area contributed by atoms with Gasteiger partial charge in [0.15, 0.2) is 5.78 Å². The smallest absolute Gasteiger partial charge is 0.176 e. The van der Waals surface area contributed by atoms with E-state index < -0.39 is 0 Å². The molecule has 0 spiro atoms. The maximum absolute atomic E-state index is 12.4. The van der Waals surface area contributed by atoms with Gasteiger partial charge in [-0.3, -0.25) is 9.69 Å². The summed E-state index contributed by atoms with van der Waals surface area (Å²) in [5.74, 6) is 2.23. The molecule has 0 amide bonds. The Hall–Kier alpha value is -2.84. The second-order valence-electron chi connectivity index (χ2n) is 7.53. The molecule has 1 N–H and O–H groups in total. The van der Waals surface area contributed by atoms with Gasteiger partial charge in [0.05, 0.1) is 24.3 Å². The fourth-order valence-electron chi connectivity index (χ4n) is 4.31. The molecule has 5 nitrogen and oxygen atoms in total. The van der Waals surface area contributed by atoms with Gasteiger partial charge in [0.1, 0.15) is 11.5 Å². The molecule has 2 aromatic rings. The van der Waals surface area contributed by atoms with Gasteiger partial charge in [-0.15, -0.1) is 0 Å². The van der Waals surface area contributed by atoms with Crippen LogP contribution in [-0.2, 0) is 0 Å². The first-order valence-corrected chi connectivity index (χ1v) is 9.32. The van der Waals surface area contributed by atoms with Crippen LogP contribution in [0.15, 0.2) is 48.5 Å². The minimum Gasteiger partial charge on any atom is -0.508 e. The summed E-state index contributed by atoms with van der Waals surface area (Å²) < 4.78 is 6.09. The number of Topliss-reactive ketones (excluding diaryl/α,β-unsaturated/α-hetero) is 1. The van der Waals surface area contributed by atoms with E-state index in [9.17, 15) is 9.90 Å². The summed E-state index contributed by atoms with van der Waals surface area (Å²) in [5.41, 5.74) is 1.28. The van der Waals surface area contributed by atoms with Gasteiger partial charge >= 0.3 is 0 Å². The molecule has 0 aromatic heterocycles. The van der Waals surface area contributed by atoms with Crippen molar-refractivity contribution in [3.05, 3.63) is 59.7 Å². The summed E-state index contributed by atoms with van der Waals surface area (Å²) in [6.45, 7) is 2.29. The van der Waals surface area contributed by atoms with Gasteiger partial charge in [-0.1, -0.05) is 0 Å². The molecule has 0 unspecified atom stereocenters.